The number of likely N-dealkylation sites (tertiary alicyclic amines) is 1. The average molecular weight is 542 g/mol. The minimum absolute atomic E-state index is 0.0692. The molecule has 1 saturated carbocycles. The third-order valence-corrected chi connectivity index (χ3v) is 6.67. The first-order valence-electron chi connectivity index (χ1n) is 11.5. The average Bonchev–Trinajstić information content (AvgIpc) is 3.22. The molecule has 2 amide bonds. The van der Waals surface area contributed by atoms with Gasteiger partial charge in [-0.1, -0.05) is 40.9 Å². The fourth-order valence-corrected chi connectivity index (χ4v) is 4.82. The summed E-state index contributed by atoms with van der Waals surface area (Å²) in [6.07, 6.45) is -4.64. The van der Waals surface area contributed by atoms with Crippen molar-refractivity contribution in [3.8, 4) is 0 Å². The zero-order chi connectivity index (χ0) is 26.9. The Kier molecular flexibility index (Phi) is 7.60. The number of hydrazine groups is 1. The lowest BCUT2D eigenvalue weighted by molar-refractivity contribution is -0.617. The van der Waals surface area contributed by atoms with Gasteiger partial charge in [-0.2, -0.15) is 0 Å². The summed E-state index contributed by atoms with van der Waals surface area (Å²) in [5.41, 5.74) is 0.0706. The second-order valence-electron chi connectivity index (χ2n) is 9.01. The van der Waals surface area contributed by atoms with Crippen LogP contribution in [-0.2, 0) is 9.53 Å². The molecule has 1 aliphatic carbocycles. The van der Waals surface area contributed by atoms with E-state index in [4.69, 9.17) is 16.3 Å². The molecule has 1 heterocycles. The Morgan fingerprint density at radius 2 is 1.95 bits per heavy atom. The predicted octanol–water partition coefficient (Wildman–Crippen LogP) is 3.79. The summed E-state index contributed by atoms with van der Waals surface area (Å²) < 4.78 is 46.0. The van der Waals surface area contributed by atoms with Crippen molar-refractivity contribution < 1.29 is 37.5 Å². The van der Waals surface area contributed by atoms with E-state index in [1.54, 1.807) is 12.1 Å². The molecule has 0 bridgehead atoms. The van der Waals surface area contributed by atoms with Gasteiger partial charge in [0.05, 0.1) is 31.1 Å². The highest BCUT2D eigenvalue weighted by Crippen LogP contribution is 2.39. The number of aliphatic hydroxyl groups is 1. The number of halogens is 4. The van der Waals surface area contributed by atoms with E-state index in [0.29, 0.717) is 0 Å². The monoisotopic (exact) mass is 541 g/mol. The molecule has 0 spiro atoms. The van der Waals surface area contributed by atoms with Gasteiger partial charge in [-0.3, -0.25) is 4.79 Å². The number of hydrogen-bond donors (Lipinski definition) is 2. The van der Waals surface area contributed by atoms with E-state index < -0.39 is 60.9 Å². The number of β-amino-alcohol motifs (C(OH)–C–C–N with tert-alkyl or cyclic N) is 1. The van der Waals surface area contributed by atoms with Crippen molar-refractivity contribution in [2.75, 3.05) is 18.7 Å². The summed E-state index contributed by atoms with van der Waals surface area (Å²) in [7, 11) is 1.11. The van der Waals surface area contributed by atoms with Crippen LogP contribution in [0, 0.1) is 10.7 Å². The molecule has 198 valence electrons. The minimum Gasteiger partial charge on any atom is -0.453 e. The number of methoxy groups -OCH3 is 1. The highest BCUT2D eigenvalue weighted by atomic mass is 35.5. The first kappa shape index (κ1) is 26.7. The number of anilines is 1. The fourth-order valence-electron chi connectivity index (χ4n) is 4.58. The zero-order valence-electron chi connectivity index (χ0n) is 19.7. The first-order chi connectivity index (χ1) is 17.5. The Labute approximate surface area is 215 Å². The molecule has 1 aliphatic heterocycles. The normalized spacial score (nSPS) is 21.6. The summed E-state index contributed by atoms with van der Waals surface area (Å²) in [4.78, 5) is 41.2. The van der Waals surface area contributed by atoms with Gasteiger partial charge in [-0.05, 0) is 18.2 Å². The maximum absolute atomic E-state index is 14.3. The van der Waals surface area contributed by atoms with E-state index in [1.807, 2.05) is 0 Å². The molecule has 37 heavy (non-hydrogen) atoms. The molecule has 2 N–H and O–H groups in total. The molecular formula is C24H25ClF3N4O5+. The molecule has 2 aromatic rings. The number of aliphatic hydroxyl groups excluding tert-OH is 1. The number of carbonyl (C=O) groups excluding carboxylic acids is 2. The Hall–Kier alpha value is -3.38. The van der Waals surface area contributed by atoms with Crippen molar-refractivity contribution in [2.24, 2.45) is 0 Å². The third kappa shape index (κ3) is 5.64. The number of nitrogens with zero attached hydrogens (tertiary/aromatic N) is 3. The molecule has 2 aromatic carbocycles. The molecule has 9 nitrogen and oxygen atoms in total. The van der Waals surface area contributed by atoms with Gasteiger partial charge in [0.2, 0.25) is 0 Å². The maximum atomic E-state index is 14.3. The number of nitroso groups, excluding NO2 is 1. The standard InChI is InChI=1S/C24H24ClF3N4O5/c1-37-23(35)30-13-17(33)10-20(30)32(36)31(16-6-4-5-14(26)9-16)21(18-7-2-3-8-19(18)25)22(34)29-15-11-24(27,28)12-15/h2-9,15,17,20-21,33H,10-13H2,1H3/p+1/t17-,20+,21-/m0/s1. The van der Waals surface area contributed by atoms with Gasteiger partial charge in [0.15, 0.2) is 6.04 Å². The van der Waals surface area contributed by atoms with Crippen molar-refractivity contribution in [3.63, 3.8) is 0 Å². The predicted molar refractivity (Wildman–Crippen MR) is 126 cm³/mol. The van der Waals surface area contributed by atoms with E-state index in [9.17, 15) is 32.8 Å². The quantitative estimate of drug-likeness (QED) is 0.408. The van der Waals surface area contributed by atoms with Crippen molar-refractivity contribution in [2.45, 2.75) is 49.5 Å². The molecule has 0 aromatic heterocycles. The minimum atomic E-state index is -2.91. The first-order valence-corrected chi connectivity index (χ1v) is 11.8. The number of rotatable bonds is 7. The Bertz CT molecular complexity index is 1190. The number of benzene rings is 2. The lowest BCUT2D eigenvalue weighted by Gasteiger charge is -2.37. The Morgan fingerprint density at radius 1 is 1.24 bits per heavy atom. The van der Waals surface area contributed by atoms with Crippen LogP contribution in [0.3, 0.4) is 0 Å². The number of amides is 2. The van der Waals surface area contributed by atoms with Gasteiger partial charge in [-0.25, -0.2) is 22.9 Å². The van der Waals surface area contributed by atoms with E-state index in [-0.39, 0.29) is 34.1 Å². The van der Waals surface area contributed by atoms with Gasteiger partial charge in [0, 0.05) is 35.5 Å². The zero-order valence-corrected chi connectivity index (χ0v) is 20.4. The molecule has 1 saturated heterocycles. The number of hydrogen-bond acceptors (Lipinski definition) is 5. The largest absolute Gasteiger partial charge is 0.453 e. The number of alkyl halides is 2. The molecule has 2 aliphatic rings. The van der Waals surface area contributed by atoms with Crippen LogP contribution >= 0.6 is 11.6 Å². The highest BCUT2D eigenvalue weighted by molar-refractivity contribution is 6.31. The summed E-state index contributed by atoms with van der Waals surface area (Å²) in [5.74, 6) is -4.46. The molecule has 0 radical (unpaired) electrons. The Morgan fingerprint density at radius 3 is 2.57 bits per heavy atom. The van der Waals surface area contributed by atoms with Crippen molar-refractivity contribution in [3.05, 3.63) is 69.8 Å². The number of nitrogens with one attached hydrogen (secondary N) is 1. The van der Waals surface area contributed by atoms with Crippen LogP contribution in [0.1, 0.15) is 30.9 Å². The molecule has 4 rings (SSSR count). The summed E-state index contributed by atoms with van der Waals surface area (Å²) in [5, 5.41) is 13.7. The van der Waals surface area contributed by atoms with E-state index in [1.165, 1.54) is 24.3 Å². The topological polar surface area (TPSA) is 102 Å². The van der Waals surface area contributed by atoms with Crippen LogP contribution in [0.5, 0.6) is 0 Å². The van der Waals surface area contributed by atoms with Gasteiger partial charge in [0.25, 0.3) is 11.8 Å². The number of ether oxygens (including phenoxy) is 1. The summed E-state index contributed by atoms with van der Waals surface area (Å²) in [6.45, 7) is -0.215. The summed E-state index contributed by atoms with van der Waals surface area (Å²) in [6, 6.07) is 8.57. The third-order valence-electron chi connectivity index (χ3n) is 6.33. The summed E-state index contributed by atoms with van der Waals surface area (Å²) >= 11 is 6.40. The van der Waals surface area contributed by atoms with Crippen molar-refractivity contribution >= 4 is 29.3 Å². The van der Waals surface area contributed by atoms with Gasteiger partial charge >= 0.3 is 12.3 Å². The molecule has 3 atom stereocenters. The Balaban J connectivity index is 1.80. The van der Waals surface area contributed by atoms with Crippen molar-refractivity contribution in [1.29, 1.82) is 0 Å². The molecule has 13 heteroatoms. The van der Waals surface area contributed by atoms with Gasteiger partial charge in [0.1, 0.15) is 16.4 Å². The lowest BCUT2D eigenvalue weighted by atomic mass is 9.88. The van der Waals surface area contributed by atoms with E-state index >= 15 is 0 Å². The second kappa shape index (κ2) is 10.5. The second-order valence-corrected chi connectivity index (χ2v) is 9.42. The fraction of sp³-hybridized carbons (Fsp3) is 0.417. The van der Waals surface area contributed by atoms with Crippen LogP contribution in [0.25, 0.3) is 0 Å². The highest BCUT2D eigenvalue weighted by Gasteiger charge is 2.53. The smallest absolute Gasteiger partial charge is 0.414 e. The van der Waals surface area contributed by atoms with Crippen LogP contribution in [-0.4, -0.2) is 64.8 Å². The SMILES string of the molecule is COC(=O)N1C[C@@H](O)C[C@H]1[N+](=O)N(c1cccc(F)c1)[C@H](C(=O)NC1CC(F)(F)C1)c1ccccc1Cl. The molecular weight excluding hydrogens is 517 g/mol. The van der Waals surface area contributed by atoms with Crippen LogP contribution < -0.4 is 10.3 Å². The molecule has 2 fully saturated rings. The van der Waals surface area contributed by atoms with E-state index in [2.05, 4.69) is 5.32 Å². The van der Waals surface area contributed by atoms with Crippen LogP contribution in [0.4, 0.5) is 23.7 Å². The lowest BCUT2D eigenvalue weighted by Crippen LogP contribution is -2.56. The van der Waals surface area contributed by atoms with Gasteiger partial charge < -0.3 is 15.2 Å². The van der Waals surface area contributed by atoms with E-state index in [0.717, 1.165) is 29.2 Å². The molecule has 0 unspecified atom stereocenters. The van der Waals surface area contributed by atoms with Crippen LogP contribution in [0.15, 0.2) is 48.5 Å². The maximum Gasteiger partial charge on any atom is 0.414 e. The number of carbonyl (C=O) groups is 2. The van der Waals surface area contributed by atoms with Crippen molar-refractivity contribution in [1.82, 2.24) is 10.2 Å². The van der Waals surface area contributed by atoms with Gasteiger partial charge in [-0.15, -0.1) is 0 Å². The van der Waals surface area contributed by atoms with Crippen LogP contribution in [0.2, 0.25) is 5.02 Å².